The van der Waals surface area contributed by atoms with Crippen molar-refractivity contribution in [3.8, 4) is 0 Å². The van der Waals surface area contributed by atoms with Gasteiger partial charge in [-0.05, 0) is 25.2 Å². The van der Waals surface area contributed by atoms with Gasteiger partial charge in [0.05, 0.1) is 15.5 Å². The van der Waals surface area contributed by atoms with E-state index in [0.29, 0.717) is 6.54 Å². The van der Waals surface area contributed by atoms with Gasteiger partial charge in [0.1, 0.15) is 0 Å². The molecule has 0 saturated heterocycles. The van der Waals surface area contributed by atoms with Crippen LogP contribution in [-0.4, -0.2) is 42.7 Å². The second-order valence-corrected chi connectivity index (χ2v) is 7.92. The molecule has 108 valence electrons. The van der Waals surface area contributed by atoms with Gasteiger partial charge in [0.25, 0.3) is 0 Å². The van der Waals surface area contributed by atoms with Gasteiger partial charge in [0.2, 0.25) is 10.0 Å². The summed E-state index contributed by atoms with van der Waals surface area (Å²) in [7, 11) is -5.38. The first-order chi connectivity index (χ1) is 8.83. The number of nitrogens with one attached hydrogen (secondary N) is 2. The lowest BCUT2D eigenvalue weighted by Gasteiger charge is -2.08. The third-order valence-corrected chi connectivity index (χ3v) is 5.71. The summed E-state index contributed by atoms with van der Waals surface area (Å²) < 4.78 is 49.7. The molecular weight excluding hydrogens is 288 g/mol. The van der Waals surface area contributed by atoms with Crippen molar-refractivity contribution in [2.24, 2.45) is 0 Å². The first-order valence-corrected chi connectivity index (χ1v) is 8.94. The molecule has 0 amide bonds. The first-order valence-electron chi connectivity index (χ1n) is 5.80. The number of sulfone groups is 1. The van der Waals surface area contributed by atoms with Gasteiger partial charge in [-0.1, -0.05) is 13.0 Å². The lowest BCUT2D eigenvalue weighted by molar-refractivity contribution is 0.579. The van der Waals surface area contributed by atoms with Crippen LogP contribution in [0.25, 0.3) is 0 Å². The molecule has 0 atom stereocenters. The molecule has 0 aromatic heterocycles. The van der Waals surface area contributed by atoms with E-state index in [0.717, 1.165) is 0 Å². The van der Waals surface area contributed by atoms with E-state index in [2.05, 4.69) is 10.0 Å². The Morgan fingerprint density at radius 2 is 1.68 bits per heavy atom. The van der Waals surface area contributed by atoms with E-state index in [1.165, 1.54) is 31.2 Å². The SMILES string of the molecule is CCS(=O)(=O)c1cccc(S(=O)(=O)NCCNC)c1. The molecular formula is C11H18N2O4S2. The smallest absolute Gasteiger partial charge is 0.240 e. The Hall–Kier alpha value is -0.960. The fourth-order valence-electron chi connectivity index (χ4n) is 1.40. The maximum Gasteiger partial charge on any atom is 0.240 e. The predicted octanol–water partition coefficient (Wildman–Crippen LogP) is -0.0221. The number of likely N-dealkylation sites (N-methyl/N-ethyl adjacent to an activating group) is 1. The van der Waals surface area contributed by atoms with Crippen LogP contribution < -0.4 is 10.0 Å². The van der Waals surface area contributed by atoms with Crippen molar-refractivity contribution in [3.05, 3.63) is 24.3 Å². The largest absolute Gasteiger partial charge is 0.318 e. The Balaban J connectivity index is 3.06. The summed E-state index contributed by atoms with van der Waals surface area (Å²) in [6, 6.07) is 5.37. The third-order valence-electron chi connectivity index (χ3n) is 2.52. The Labute approximate surface area is 114 Å². The molecule has 1 rings (SSSR count). The summed E-state index contributed by atoms with van der Waals surface area (Å²) in [6.45, 7) is 2.25. The van der Waals surface area contributed by atoms with Gasteiger partial charge >= 0.3 is 0 Å². The Kier molecular flexibility index (Phi) is 5.48. The van der Waals surface area contributed by atoms with Gasteiger partial charge in [0, 0.05) is 13.1 Å². The second-order valence-electron chi connectivity index (χ2n) is 3.88. The molecule has 0 saturated carbocycles. The van der Waals surface area contributed by atoms with Gasteiger partial charge in [0.15, 0.2) is 9.84 Å². The lowest BCUT2D eigenvalue weighted by Crippen LogP contribution is -2.30. The summed E-state index contributed by atoms with van der Waals surface area (Å²) in [5.74, 6) is -0.0658. The monoisotopic (exact) mass is 306 g/mol. The summed E-state index contributed by atoms with van der Waals surface area (Å²) in [6.07, 6.45) is 0. The highest BCUT2D eigenvalue weighted by molar-refractivity contribution is 7.91. The van der Waals surface area contributed by atoms with E-state index < -0.39 is 19.9 Å². The highest BCUT2D eigenvalue weighted by atomic mass is 32.2. The molecule has 1 aromatic carbocycles. The van der Waals surface area contributed by atoms with Gasteiger partial charge in [-0.25, -0.2) is 21.6 Å². The highest BCUT2D eigenvalue weighted by Crippen LogP contribution is 2.16. The molecule has 0 radical (unpaired) electrons. The minimum Gasteiger partial charge on any atom is -0.318 e. The number of sulfonamides is 1. The molecule has 2 N–H and O–H groups in total. The van der Waals surface area contributed by atoms with E-state index in [-0.39, 0.29) is 22.1 Å². The maximum atomic E-state index is 11.9. The van der Waals surface area contributed by atoms with Crippen molar-refractivity contribution in [2.45, 2.75) is 16.7 Å². The highest BCUT2D eigenvalue weighted by Gasteiger charge is 2.17. The van der Waals surface area contributed by atoms with Crippen LogP contribution >= 0.6 is 0 Å². The minimum atomic E-state index is -3.68. The van der Waals surface area contributed by atoms with Crippen LogP contribution in [0.5, 0.6) is 0 Å². The number of hydrogen-bond acceptors (Lipinski definition) is 5. The van der Waals surface area contributed by atoms with Crippen LogP contribution in [0.4, 0.5) is 0 Å². The molecule has 6 nitrogen and oxygen atoms in total. The standard InChI is InChI=1S/C11H18N2O4S2/c1-3-18(14,15)10-5-4-6-11(9-10)19(16,17)13-8-7-12-2/h4-6,9,12-13H,3,7-8H2,1-2H3. The van der Waals surface area contributed by atoms with Crippen LogP contribution in [0.2, 0.25) is 0 Å². The minimum absolute atomic E-state index is 0.0199. The molecule has 0 fully saturated rings. The van der Waals surface area contributed by atoms with E-state index in [1.54, 1.807) is 7.05 Å². The van der Waals surface area contributed by atoms with Crippen molar-refractivity contribution in [1.29, 1.82) is 0 Å². The van der Waals surface area contributed by atoms with E-state index >= 15 is 0 Å². The zero-order valence-corrected chi connectivity index (χ0v) is 12.5. The van der Waals surface area contributed by atoms with Crippen molar-refractivity contribution in [1.82, 2.24) is 10.0 Å². The molecule has 1 aromatic rings. The van der Waals surface area contributed by atoms with Crippen molar-refractivity contribution < 1.29 is 16.8 Å². The summed E-state index contributed by atoms with van der Waals surface area (Å²) in [5, 5.41) is 2.81. The Morgan fingerprint density at radius 1 is 1.05 bits per heavy atom. The maximum absolute atomic E-state index is 11.9. The average Bonchev–Trinajstić information content (AvgIpc) is 2.39. The Morgan fingerprint density at radius 3 is 2.26 bits per heavy atom. The second kappa shape index (κ2) is 6.47. The lowest BCUT2D eigenvalue weighted by atomic mass is 10.4. The van der Waals surface area contributed by atoms with Crippen molar-refractivity contribution >= 4 is 19.9 Å². The Bertz CT molecular complexity index is 624. The van der Waals surface area contributed by atoms with Crippen LogP contribution in [0.1, 0.15) is 6.92 Å². The fraction of sp³-hybridized carbons (Fsp3) is 0.455. The summed E-state index contributed by atoms with van der Waals surface area (Å²) in [4.78, 5) is -0.0235. The fourth-order valence-corrected chi connectivity index (χ4v) is 3.47. The third kappa shape index (κ3) is 4.27. The van der Waals surface area contributed by atoms with Gasteiger partial charge in [-0.3, -0.25) is 0 Å². The first kappa shape index (κ1) is 16.1. The molecule has 0 aliphatic rings. The molecule has 0 heterocycles. The molecule has 0 aliphatic heterocycles. The van der Waals surface area contributed by atoms with Crippen molar-refractivity contribution in [3.63, 3.8) is 0 Å². The molecule has 0 aliphatic carbocycles. The number of rotatable bonds is 7. The van der Waals surface area contributed by atoms with Crippen molar-refractivity contribution in [2.75, 3.05) is 25.9 Å². The zero-order chi connectivity index (χ0) is 14.5. The average molecular weight is 306 g/mol. The molecule has 0 unspecified atom stereocenters. The van der Waals surface area contributed by atoms with E-state index in [4.69, 9.17) is 0 Å². The molecule has 8 heteroatoms. The predicted molar refractivity (Wildman–Crippen MR) is 73.3 cm³/mol. The molecule has 19 heavy (non-hydrogen) atoms. The zero-order valence-electron chi connectivity index (χ0n) is 10.9. The van der Waals surface area contributed by atoms with Gasteiger partial charge < -0.3 is 5.32 Å². The topological polar surface area (TPSA) is 92.3 Å². The van der Waals surface area contributed by atoms with Crippen LogP contribution in [-0.2, 0) is 19.9 Å². The van der Waals surface area contributed by atoms with Gasteiger partial charge in [-0.15, -0.1) is 0 Å². The van der Waals surface area contributed by atoms with Gasteiger partial charge in [-0.2, -0.15) is 0 Å². The summed E-state index contributed by atoms with van der Waals surface area (Å²) in [5.41, 5.74) is 0. The van der Waals surface area contributed by atoms with Crippen LogP contribution in [0.3, 0.4) is 0 Å². The number of benzene rings is 1. The molecule has 0 spiro atoms. The normalized spacial score (nSPS) is 12.5. The summed E-state index contributed by atoms with van der Waals surface area (Å²) >= 11 is 0. The van der Waals surface area contributed by atoms with Crippen LogP contribution in [0.15, 0.2) is 34.1 Å². The quantitative estimate of drug-likeness (QED) is 0.691. The van der Waals surface area contributed by atoms with E-state index in [1.807, 2.05) is 0 Å². The van der Waals surface area contributed by atoms with E-state index in [9.17, 15) is 16.8 Å². The number of hydrogen-bond donors (Lipinski definition) is 2. The van der Waals surface area contributed by atoms with Crippen LogP contribution in [0, 0.1) is 0 Å². The molecule has 0 bridgehead atoms.